The van der Waals surface area contributed by atoms with Gasteiger partial charge in [0.2, 0.25) is 5.91 Å². The minimum Gasteiger partial charge on any atom is -0.359 e. The topological polar surface area (TPSA) is 44.7 Å². The number of likely N-dealkylation sites (N-methyl/N-ethyl adjacent to an activating group) is 1. The predicted octanol–water partition coefficient (Wildman–Crippen LogP) is 2.49. The summed E-state index contributed by atoms with van der Waals surface area (Å²) in [4.78, 5) is 18.6. The van der Waals surface area contributed by atoms with Gasteiger partial charge in [-0.15, -0.1) is 0 Å². The smallest absolute Gasteiger partial charge is 0.247 e. The highest BCUT2D eigenvalue weighted by molar-refractivity contribution is 8.14. The quantitative estimate of drug-likeness (QED) is 0.815. The third-order valence-corrected chi connectivity index (χ3v) is 5.13. The van der Waals surface area contributed by atoms with Crippen molar-refractivity contribution in [3.05, 3.63) is 0 Å². The first kappa shape index (κ1) is 16.3. The van der Waals surface area contributed by atoms with Crippen LogP contribution < -0.4 is 5.32 Å². The maximum atomic E-state index is 12.2. The molecular weight excluding hydrogens is 258 g/mol. The summed E-state index contributed by atoms with van der Waals surface area (Å²) in [5, 5.41) is 4.43. The van der Waals surface area contributed by atoms with Crippen molar-refractivity contribution in [3.8, 4) is 0 Å². The van der Waals surface area contributed by atoms with E-state index >= 15 is 0 Å². The van der Waals surface area contributed by atoms with Gasteiger partial charge in [-0.1, -0.05) is 25.6 Å². The maximum Gasteiger partial charge on any atom is 0.247 e. The van der Waals surface area contributed by atoms with Gasteiger partial charge < -0.3 is 10.2 Å². The molecule has 1 heterocycles. The summed E-state index contributed by atoms with van der Waals surface area (Å²) in [6.45, 7) is 11.8. The van der Waals surface area contributed by atoms with Gasteiger partial charge in [0.25, 0.3) is 0 Å². The minimum atomic E-state index is -0.292. The average Bonchev–Trinajstić information content (AvgIpc) is 2.84. The zero-order valence-electron chi connectivity index (χ0n) is 12.8. The normalized spacial score (nSPS) is 21.2. The number of thioether (sulfide) groups is 1. The Bertz CT molecular complexity index is 336. The highest BCUT2D eigenvalue weighted by atomic mass is 32.2. The highest BCUT2D eigenvalue weighted by Gasteiger charge is 2.34. The summed E-state index contributed by atoms with van der Waals surface area (Å²) in [5.41, 5.74) is 0.168. The van der Waals surface area contributed by atoms with Gasteiger partial charge in [0.05, 0.1) is 0 Å². The van der Waals surface area contributed by atoms with E-state index in [9.17, 15) is 4.79 Å². The van der Waals surface area contributed by atoms with Crippen molar-refractivity contribution in [1.29, 1.82) is 0 Å². The third-order valence-electron chi connectivity index (χ3n) is 3.95. The molecule has 1 amide bonds. The lowest BCUT2D eigenvalue weighted by Crippen LogP contribution is -2.43. The van der Waals surface area contributed by atoms with E-state index in [1.54, 1.807) is 11.8 Å². The van der Waals surface area contributed by atoms with Gasteiger partial charge in [-0.05, 0) is 33.6 Å². The second kappa shape index (κ2) is 7.17. The van der Waals surface area contributed by atoms with Gasteiger partial charge in [-0.3, -0.25) is 4.79 Å². The van der Waals surface area contributed by atoms with Crippen LogP contribution in [0.15, 0.2) is 4.99 Å². The molecule has 0 aliphatic carbocycles. The molecule has 0 spiro atoms. The fourth-order valence-corrected chi connectivity index (χ4v) is 3.65. The number of rotatable bonds is 6. The fraction of sp³-hybridized carbons (Fsp3) is 0.857. The number of nitrogens with one attached hydrogen (secondary N) is 1. The van der Waals surface area contributed by atoms with Gasteiger partial charge in [0.1, 0.15) is 6.04 Å². The van der Waals surface area contributed by atoms with Gasteiger partial charge in [0.15, 0.2) is 5.17 Å². The van der Waals surface area contributed by atoms with Crippen LogP contribution >= 0.6 is 11.8 Å². The van der Waals surface area contributed by atoms with Crippen molar-refractivity contribution in [3.63, 3.8) is 0 Å². The molecule has 1 unspecified atom stereocenters. The molecule has 0 saturated carbocycles. The molecule has 0 aromatic rings. The van der Waals surface area contributed by atoms with E-state index in [0.29, 0.717) is 0 Å². The van der Waals surface area contributed by atoms with E-state index in [2.05, 4.69) is 24.2 Å². The second-order valence-corrected chi connectivity index (χ2v) is 5.99. The predicted molar refractivity (Wildman–Crippen MR) is 83.7 cm³/mol. The Morgan fingerprint density at radius 1 is 1.37 bits per heavy atom. The summed E-state index contributed by atoms with van der Waals surface area (Å²) < 4.78 is 0. The van der Waals surface area contributed by atoms with Crippen molar-refractivity contribution in [1.82, 2.24) is 10.2 Å². The van der Waals surface area contributed by atoms with Crippen LogP contribution in [0, 0.1) is 0 Å². The number of aliphatic imine (C=N–C) groups is 1. The Kier molecular flexibility index (Phi) is 6.17. The van der Waals surface area contributed by atoms with E-state index in [1.807, 2.05) is 25.7 Å². The Morgan fingerprint density at radius 2 is 1.95 bits per heavy atom. The van der Waals surface area contributed by atoms with Crippen molar-refractivity contribution in [2.45, 2.75) is 59.0 Å². The Morgan fingerprint density at radius 3 is 2.37 bits per heavy atom. The molecule has 19 heavy (non-hydrogen) atoms. The lowest BCUT2D eigenvalue weighted by atomic mass is 9.96. The Labute approximate surface area is 121 Å². The SMILES string of the molecule is CCN(CC)C(=O)C(C)N=C1NC(CC)(CC)CS1. The summed E-state index contributed by atoms with van der Waals surface area (Å²) >= 11 is 1.74. The van der Waals surface area contributed by atoms with Crippen LogP contribution in [0.25, 0.3) is 0 Å². The van der Waals surface area contributed by atoms with Crippen molar-refractivity contribution < 1.29 is 4.79 Å². The summed E-state index contributed by atoms with van der Waals surface area (Å²) in [7, 11) is 0. The maximum absolute atomic E-state index is 12.2. The summed E-state index contributed by atoms with van der Waals surface area (Å²) in [6.07, 6.45) is 2.18. The second-order valence-electron chi connectivity index (χ2n) is 5.02. The van der Waals surface area contributed by atoms with Crippen LogP contribution in [-0.4, -0.2) is 46.4 Å². The van der Waals surface area contributed by atoms with Crippen LogP contribution in [0.4, 0.5) is 0 Å². The van der Waals surface area contributed by atoms with Gasteiger partial charge >= 0.3 is 0 Å². The average molecular weight is 285 g/mol. The number of amidine groups is 1. The first-order valence-corrected chi connectivity index (χ1v) is 8.28. The van der Waals surface area contributed by atoms with Crippen LogP contribution in [0.2, 0.25) is 0 Å². The zero-order valence-corrected chi connectivity index (χ0v) is 13.6. The highest BCUT2D eigenvalue weighted by Crippen LogP contribution is 2.29. The molecule has 1 saturated heterocycles. The van der Waals surface area contributed by atoms with Gasteiger partial charge in [-0.25, -0.2) is 4.99 Å². The van der Waals surface area contributed by atoms with Crippen LogP contribution in [0.1, 0.15) is 47.5 Å². The zero-order chi connectivity index (χ0) is 14.5. The molecule has 1 N–H and O–H groups in total. The molecule has 5 heteroatoms. The molecule has 1 aliphatic rings. The fourth-order valence-electron chi connectivity index (χ4n) is 2.24. The van der Waals surface area contributed by atoms with Crippen LogP contribution in [0.5, 0.6) is 0 Å². The number of hydrogen-bond acceptors (Lipinski definition) is 3. The van der Waals surface area contributed by atoms with Crippen LogP contribution in [-0.2, 0) is 4.79 Å². The molecule has 4 nitrogen and oxygen atoms in total. The molecule has 1 atom stereocenters. The van der Waals surface area contributed by atoms with Gasteiger partial charge in [-0.2, -0.15) is 0 Å². The van der Waals surface area contributed by atoms with Gasteiger partial charge in [0, 0.05) is 24.4 Å². The van der Waals surface area contributed by atoms with E-state index in [1.165, 1.54) is 0 Å². The summed E-state index contributed by atoms with van der Waals surface area (Å²) in [6, 6.07) is -0.292. The van der Waals surface area contributed by atoms with Crippen molar-refractivity contribution >= 4 is 22.8 Å². The molecule has 1 aliphatic heterocycles. The first-order chi connectivity index (χ1) is 9.01. The van der Waals surface area contributed by atoms with E-state index < -0.39 is 0 Å². The number of carbonyl (C=O) groups excluding carboxylic acids is 1. The number of amides is 1. The van der Waals surface area contributed by atoms with E-state index in [0.717, 1.165) is 36.9 Å². The lowest BCUT2D eigenvalue weighted by molar-refractivity contribution is -0.131. The molecule has 0 bridgehead atoms. The molecule has 1 fully saturated rings. The van der Waals surface area contributed by atoms with Crippen molar-refractivity contribution in [2.24, 2.45) is 4.99 Å². The molecule has 0 radical (unpaired) electrons. The number of carbonyl (C=O) groups is 1. The number of nitrogens with zero attached hydrogens (tertiary/aromatic N) is 2. The third kappa shape index (κ3) is 3.88. The van der Waals surface area contributed by atoms with Crippen LogP contribution in [0.3, 0.4) is 0 Å². The molecule has 110 valence electrons. The summed E-state index contributed by atoms with van der Waals surface area (Å²) in [5.74, 6) is 1.16. The van der Waals surface area contributed by atoms with E-state index in [4.69, 9.17) is 0 Å². The lowest BCUT2D eigenvalue weighted by Gasteiger charge is -2.25. The monoisotopic (exact) mass is 285 g/mol. The first-order valence-electron chi connectivity index (χ1n) is 7.29. The number of hydrogen-bond donors (Lipinski definition) is 1. The molecule has 1 rings (SSSR count). The largest absolute Gasteiger partial charge is 0.359 e. The van der Waals surface area contributed by atoms with Crippen molar-refractivity contribution in [2.75, 3.05) is 18.8 Å². The Balaban J connectivity index is 2.68. The molecular formula is C14H27N3OS. The molecule has 0 aromatic heterocycles. The molecule has 0 aromatic carbocycles. The minimum absolute atomic E-state index is 0.116. The van der Waals surface area contributed by atoms with E-state index in [-0.39, 0.29) is 17.5 Å². The standard InChI is InChI=1S/C14H27N3OS/c1-6-14(7-2)10-19-13(16-14)15-11(5)12(18)17(8-3)9-4/h11H,6-10H2,1-5H3,(H,15,16). The Hall–Kier alpha value is -0.710.